The van der Waals surface area contributed by atoms with Gasteiger partial charge in [-0.05, 0) is 50.2 Å². The molecule has 104 valence electrons. The molecule has 3 heterocycles. The van der Waals surface area contributed by atoms with Gasteiger partial charge in [-0.3, -0.25) is 15.0 Å². The largest absolute Gasteiger partial charge is 0.260 e. The van der Waals surface area contributed by atoms with Gasteiger partial charge in [-0.2, -0.15) is 0 Å². The van der Waals surface area contributed by atoms with Gasteiger partial charge in [-0.1, -0.05) is 18.2 Å². The average Bonchev–Trinajstić information content (AvgIpc) is 2.49. The van der Waals surface area contributed by atoms with Crippen LogP contribution in [0.25, 0.3) is 0 Å². The first-order valence-corrected chi connectivity index (χ1v) is 7.02. The third kappa shape index (κ3) is 2.97. The minimum absolute atomic E-state index is 0.0361. The van der Waals surface area contributed by atoms with Crippen LogP contribution < -0.4 is 0 Å². The van der Waals surface area contributed by atoms with Gasteiger partial charge in [-0.25, -0.2) is 0 Å². The lowest BCUT2D eigenvalue weighted by Crippen LogP contribution is -2.10. The highest BCUT2D eigenvalue weighted by atomic mass is 14.8. The summed E-state index contributed by atoms with van der Waals surface area (Å²) in [6, 6.07) is 18.1. The smallest absolute Gasteiger partial charge is 0.0858 e. The van der Waals surface area contributed by atoms with Crippen LogP contribution in [0.5, 0.6) is 0 Å². The van der Waals surface area contributed by atoms with Gasteiger partial charge in [0.1, 0.15) is 0 Å². The van der Waals surface area contributed by atoms with Gasteiger partial charge in [-0.15, -0.1) is 0 Å². The van der Waals surface area contributed by atoms with Crippen molar-refractivity contribution in [1.29, 1.82) is 0 Å². The molecule has 0 saturated heterocycles. The van der Waals surface area contributed by atoms with Crippen LogP contribution in [-0.4, -0.2) is 15.0 Å². The molecule has 0 spiro atoms. The SMILES string of the molecule is Cc1cccc(C(c2ccccn2)c2cccc(C)n2)n1. The Morgan fingerprint density at radius 1 is 0.667 bits per heavy atom. The average molecular weight is 275 g/mol. The molecule has 0 aliphatic rings. The first-order chi connectivity index (χ1) is 10.2. The minimum atomic E-state index is -0.0361. The first-order valence-electron chi connectivity index (χ1n) is 7.02. The summed E-state index contributed by atoms with van der Waals surface area (Å²) in [5.41, 5.74) is 4.93. The second-order valence-electron chi connectivity index (χ2n) is 5.10. The molecule has 0 radical (unpaired) electrons. The third-order valence-corrected chi connectivity index (χ3v) is 3.39. The second kappa shape index (κ2) is 5.83. The molecule has 0 aromatic carbocycles. The summed E-state index contributed by atoms with van der Waals surface area (Å²) in [7, 11) is 0. The number of hydrogen-bond acceptors (Lipinski definition) is 3. The summed E-state index contributed by atoms with van der Waals surface area (Å²) < 4.78 is 0. The van der Waals surface area contributed by atoms with Crippen molar-refractivity contribution in [2.75, 3.05) is 0 Å². The summed E-state index contributed by atoms with van der Waals surface area (Å²) in [6.07, 6.45) is 1.81. The molecular formula is C18H17N3. The van der Waals surface area contributed by atoms with Crippen molar-refractivity contribution in [2.45, 2.75) is 19.8 Å². The fraction of sp³-hybridized carbons (Fsp3) is 0.167. The van der Waals surface area contributed by atoms with E-state index in [4.69, 9.17) is 0 Å². The zero-order valence-corrected chi connectivity index (χ0v) is 12.2. The highest BCUT2D eigenvalue weighted by Crippen LogP contribution is 2.28. The number of aromatic nitrogens is 3. The van der Waals surface area contributed by atoms with Crippen molar-refractivity contribution >= 4 is 0 Å². The first kappa shape index (κ1) is 13.4. The third-order valence-electron chi connectivity index (χ3n) is 3.39. The Morgan fingerprint density at radius 3 is 1.71 bits per heavy atom. The molecule has 3 nitrogen and oxygen atoms in total. The lowest BCUT2D eigenvalue weighted by Gasteiger charge is -2.16. The van der Waals surface area contributed by atoms with Gasteiger partial charge in [0.05, 0.1) is 23.0 Å². The molecule has 0 atom stereocenters. The van der Waals surface area contributed by atoms with E-state index >= 15 is 0 Å². The van der Waals surface area contributed by atoms with Crippen LogP contribution in [-0.2, 0) is 0 Å². The number of aryl methyl sites for hydroxylation is 2. The molecule has 0 unspecified atom stereocenters. The van der Waals surface area contributed by atoms with Gasteiger partial charge in [0, 0.05) is 17.6 Å². The van der Waals surface area contributed by atoms with Crippen molar-refractivity contribution in [3.05, 3.63) is 89.3 Å². The molecular weight excluding hydrogens is 258 g/mol. The van der Waals surface area contributed by atoms with Crippen molar-refractivity contribution in [2.24, 2.45) is 0 Å². The minimum Gasteiger partial charge on any atom is -0.260 e. The lowest BCUT2D eigenvalue weighted by atomic mass is 9.95. The Labute approximate surface area is 124 Å². The van der Waals surface area contributed by atoms with Crippen molar-refractivity contribution in [3.63, 3.8) is 0 Å². The number of rotatable bonds is 3. The van der Waals surface area contributed by atoms with Gasteiger partial charge >= 0.3 is 0 Å². The molecule has 0 amide bonds. The highest BCUT2D eigenvalue weighted by molar-refractivity contribution is 5.34. The molecule has 0 fully saturated rings. The van der Waals surface area contributed by atoms with Crippen LogP contribution in [0.15, 0.2) is 60.8 Å². The summed E-state index contributed by atoms with van der Waals surface area (Å²) in [5, 5.41) is 0. The zero-order valence-electron chi connectivity index (χ0n) is 12.2. The molecule has 3 heteroatoms. The van der Waals surface area contributed by atoms with Crippen LogP contribution in [0, 0.1) is 13.8 Å². The molecule has 0 N–H and O–H groups in total. The predicted octanol–water partition coefficient (Wildman–Crippen LogP) is 3.67. The van der Waals surface area contributed by atoms with Gasteiger partial charge < -0.3 is 0 Å². The molecule has 0 saturated carbocycles. The van der Waals surface area contributed by atoms with Crippen LogP contribution in [0.4, 0.5) is 0 Å². The standard InChI is InChI=1S/C18H17N3/c1-13-7-5-10-16(20-13)18(15-9-3-4-12-19-15)17-11-6-8-14(2)21-17/h3-12,18H,1-2H3. The Kier molecular flexibility index (Phi) is 3.73. The summed E-state index contributed by atoms with van der Waals surface area (Å²) in [5.74, 6) is -0.0361. The Balaban J connectivity index is 2.16. The maximum atomic E-state index is 4.68. The van der Waals surface area contributed by atoms with Crippen LogP contribution in [0.1, 0.15) is 34.4 Å². The van der Waals surface area contributed by atoms with Gasteiger partial charge in [0.15, 0.2) is 0 Å². The molecule has 0 bridgehead atoms. The van der Waals surface area contributed by atoms with Gasteiger partial charge in [0.2, 0.25) is 0 Å². The van der Waals surface area contributed by atoms with Crippen LogP contribution >= 0.6 is 0 Å². The molecule has 0 aliphatic heterocycles. The Bertz CT molecular complexity index is 693. The summed E-state index contributed by atoms with van der Waals surface area (Å²) in [4.78, 5) is 13.9. The van der Waals surface area contributed by atoms with E-state index in [0.717, 1.165) is 28.5 Å². The Morgan fingerprint density at radius 2 is 1.24 bits per heavy atom. The summed E-state index contributed by atoms with van der Waals surface area (Å²) >= 11 is 0. The number of hydrogen-bond donors (Lipinski definition) is 0. The number of nitrogens with zero attached hydrogens (tertiary/aromatic N) is 3. The second-order valence-corrected chi connectivity index (χ2v) is 5.10. The molecule has 21 heavy (non-hydrogen) atoms. The van der Waals surface area contributed by atoms with E-state index in [0.29, 0.717) is 0 Å². The molecule has 3 aromatic heterocycles. The van der Waals surface area contributed by atoms with E-state index in [1.165, 1.54) is 0 Å². The summed E-state index contributed by atoms with van der Waals surface area (Å²) in [6.45, 7) is 4.01. The fourth-order valence-corrected chi connectivity index (χ4v) is 2.45. The van der Waals surface area contributed by atoms with E-state index in [9.17, 15) is 0 Å². The normalized spacial score (nSPS) is 10.8. The van der Waals surface area contributed by atoms with E-state index < -0.39 is 0 Å². The van der Waals surface area contributed by atoms with E-state index in [2.05, 4.69) is 15.0 Å². The van der Waals surface area contributed by atoms with E-state index in [1.54, 1.807) is 0 Å². The quantitative estimate of drug-likeness (QED) is 0.732. The Hall–Kier alpha value is -2.55. The van der Waals surface area contributed by atoms with Crippen LogP contribution in [0.2, 0.25) is 0 Å². The van der Waals surface area contributed by atoms with Crippen LogP contribution in [0.3, 0.4) is 0 Å². The van der Waals surface area contributed by atoms with Gasteiger partial charge in [0.25, 0.3) is 0 Å². The number of pyridine rings is 3. The van der Waals surface area contributed by atoms with Crippen molar-refractivity contribution in [3.8, 4) is 0 Å². The topological polar surface area (TPSA) is 38.7 Å². The molecule has 3 rings (SSSR count). The van der Waals surface area contributed by atoms with E-state index in [1.807, 2.05) is 74.6 Å². The predicted molar refractivity (Wildman–Crippen MR) is 83.1 cm³/mol. The van der Waals surface area contributed by atoms with Crippen molar-refractivity contribution < 1.29 is 0 Å². The maximum absolute atomic E-state index is 4.68. The van der Waals surface area contributed by atoms with E-state index in [-0.39, 0.29) is 5.92 Å². The lowest BCUT2D eigenvalue weighted by molar-refractivity contribution is 0.827. The fourth-order valence-electron chi connectivity index (χ4n) is 2.45. The highest BCUT2D eigenvalue weighted by Gasteiger charge is 2.20. The monoisotopic (exact) mass is 275 g/mol. The van der Waals surface area contributed by atoms with Crippen molar-refractivity contribution in [1.82, 2.24) is 15.0 Å². The molecule has 3 aromatic rings. The zero-order chi connectivity index (χ0) is 14.7. The molecule has 0 aliphatic carbocycles. The maximum Gasteiger partial charge on any atom is 0.0858 e.